The van der Waals surface area contributed by atoms with E-state index in [9.17, 15) is 4.79 Å². The number of pyridine rings is 1. The highest BCUT2D eigenvalue weighted by molar-refractivity contribution is 5.90. The summed E-state index contributed by atoms with van der Waals surface area (Å²) >= 11 is 0. The van der Waals surface area contributed by atoms with Gasteiger partial charge in [-0.3, -0.25) is 0 Å². The molecule has 0 saturated heterocycles. The Hall–Kier alpha value is -2.96. The third-order valence-electron chi connectivity index (χ3n) is 4.21. The molecular weight excluding hydrogens is 322 g/mol. The molecule has 0 spiro atoms. The lowest BCUT2D eigenvalue weighted by Gasteiger charge is -2.29. The third-order valence-corrected chi connectivity index (χ3v) is 4.21. The van der Waals surface area contributed by atoms with E-state index in [0.29, 0.717) is 36.2 Å². The molecule has 0 saturated carbocycles. The number of anilines is 1. The molecule has 0 radical (unpaired) electrons. The normalized spacial score (nSPS) is 13.0. The second-order valence-corrected chi connectivity index (χ2v) is 5.64. The molecule has 0 atom stereocenters. The van der Waals surface area contributed by atoms with E-state index in [-0.39, 0.29) is 6.03 Å². The number of ether oxygens (including phenoxy) is 3. The first kappa shape index (κ1) is 16.9. The molecule has 25 heavy (non-hydrogen) atoms. The average Bonchev–Trinajstić information content (AvgIpc) is 2.66. The summed E-state index contributed by atoms with van der Waals surface area (Å²) in [5, 5.41) is 2.86. The van der Waals surface area contributed by atoms with Crippen LogP contribution in [0.3, 0.4) is 0 Å². The van der Waals surface area contributed by atoms with Crippen molar-refractivity contribution < 1.29 is 19.0 Å². The van der Waals surface area contributed by atoms with Crippen molar-refractivity contribution in [2.45, 2.75) is 13.0 Å². The van der Waals surface area contributed by atoms with E-state index in [1.54, 1.807) is 37.4 Å². The summed E-state index contributed by atoms with van der Waals surface area (Å²) in [5.74, 6) is 1.76. The molecule has 132 valence electrons. The lowest BCUT2D eigenvalue weighted by Crippen LogP contribution is -2.39. The van der Waals surface area contributed by atoms with Gasteiger partial charge in [0, 0.05) is 19.3 Å². The van der Waals surface area contributed by atoms with E-state index in [0.717, 1.165) is 12.0 Å². The molecule has 1 N–H and O–H groups in total. The fourth-order valence-electron chi connectivity index (χ4n) is 2.90. The Morgan fingerprint density at radius 2 is 1.84 bits per heavy atom. The summed E-state index contributed by atoms with van der Waals surface area (Å²) in [5.41, 5.74) is 2.77. The summed E-state index contributed by atoms with van der Waals surface area (Å²) < 4.78 is 15.9. The van der Waals surface area contributed by atoms with Crippen LogP contribution in [0.1, 0.15) is 11.1 Å². The van der Waals surface area contributed by atoms with Crippen LogP contribution >= 0.6 is 0 Å². The standard InChI is InChI=1S/C18H21N3O4/c1-23-15-9-12-6-8-21(11-13(12)10-16(15)24-2)18(22)20-14-5-4-7-19-17(14)25-3/h4-5,7,9-10H,6,8,11H2,1-3H3,(H,20,22). The summed E-state index contributed by atoms with van der Waals surface area (Å²) in [7, 11) is 4.75. The molecule has 3 rings (SSSR count). The number of benzene rings is 1. The minimum absolute atomic E-state index is 0.188. The Labute approximate surface area is 146 Å². The average molecular weight is 343 g/mol. The van der Waals surface area contributed by atoms with E-state index < -0.39 is 0 Å². The molecule has 1 aromatic carbocycles. The van der Waals surface area contributed by atoms with Crippen LogP contribution < -0.4 is 19.5 Å². The van der Waals surface area contributed by atoms with Gasteiger partial charge >= 0.3 is 6.03 Å². The van der Waals surface area contributed by atoms with Gasteiger partial charge in [-0.2, -0.15) is 0 Å². The van der Waals surface area contributed by atoms with Crippen LogP contribution in [-0.4, -0.2) is 43.8 Å². The number of rotatable bonds is 4. The maximum Gasteiger partial charge on any atom is 0.322 e. The SMILES string of the molecule is COc1cc2c(cc1OC)CN(C(=O)Nc1cccnc1OC)CC2. The van der Waals surface area contributed by atoms with Crippen LogP contribution in [0.5, 0.6) is 17.4 Å². The van der Waals surface area contributed by atoms with Crippen molar-refractivity contribution in [3.63, 3.8) is 0 Å². The van der Waals surface area contributed by atoms with Gasteiger partial charge in [-0.25, -0.2) is 9.78 Å². The molecule has 7 heteroatoms. The van der Waals surface area contributed by atoms with Crippen LogP contribution in [0, 0.1) is 0 Å². The molecule has 2 amide bonds. The van der Waals surface area contributed by atoms with Crippen molar-refractivity contribution in [2.24, 2.45) is 0 Å². The summed E-state index contributed by atoms with van der Waals surface area (Å²) in [4.78, 5) is 18.4. The highest BCUT2D eigenvalue weighted by Crippen LogP contribution is 2.33. The molecule has 1 aliphatic rings. The van der Waals surface area contributed by atoms with Gasteiger partial charge in [-0.05, 0) is 41.8 Å². The lowest BCUT2D eigenvalue weighted by atomic mass is 9.99. The topological polar surface area (TPSA) is 72.9 Å². The van der Waals surface area contributed by atoms with Gasteiger partial charge in [-0.15, -0.1) is 0 Å². The fourth-order valence-corrected chi connectivity index (χ4v) is 2.90. The van der Waals surface area contributed by atoms with Crippen molar-refractivity contribution in [1.29, 1.82) is 0 Å². The molecule has 0 unspecified atom stereocenters. The maximum atomic E-state index is 12.6. The van der Waals surface area contributed by atoms with Gasteiger partial charge in [0.2, 0.25) is 5.88 Å². The van der Waals surface area contributed by atoms with E-state index in [4.69, 9.17) is 14.2 Å². The lowest BCUT2D eigenvalue weighted by molar-refractivity contribution is 0.206. The molecule has 1 aromatic heterocycles. The molecule has 0 fully saturated rings. The van der Waals surface area contributed by atoms with Crippen molar-refractivity contribution >= 4 is 11.7 Å². The molecule has 0 aliphatic carbocycles. The van der Waals surface area contributed by atoms with Gasteiger partial charge < -0.3 is 24.4 Å². The summed E-state index contributed by atoms with van der Waals surface area (Å²) in [6, 6.07) is 7.23. The predicted octanol–water partition coefficient (Wildman–Crippen LogP) is 2.70. The molecule has 0 bridgehead atoms. The van der Waals surface area contributed by atoms with E-state index in [1.807, 2.05) is 12.1 Å². The smallest absolute Gasteiger partial charge is 0.322 e. The first-order valence-corrected chi connectivity index (χ1v) is 7.95. The first-order valence-electron chi connectivity index (χ1n) is 7.95. The number of urea groups is 1. The zero-order chi connectivity index (χ0) is 17.8. The highest BCUT2D eigenvalue weighted by atomic mass is 16.5. The van der Waals surface area contributed by atoms with Crippen LogP contribution in [0.4, 0.5) is 10.5 Å². The zero-order valence-corrected chi connectivity index (χ0v) is 14.5. The van der Waals surface area contributed by atoms with Gasteiger partial charge in [0.25, 0.3) is 0 Å². The van der Waals surface area contributed by atoms with E-state index >= 15 is 0 Å². The molecule has 7 nitrogen and oxygen atoms in total. The fraction of sp³-hybridized carbons (Fsp3) is 0.333. The Morgan fingerprint density at radius 3 is 2.52 bits per heavy atom. The van der Waals surface area contributed by atoms with Crippen molar-refractivity contribution in [1.82, 2.24) is 9.88 Å². The van der Waals surface area contributed by atoms with Crippen molar-refractivity contribution in [2.75, 3.05) is 33.2 Å². The number of nitrogens with zero attached hydrogens (tertiary/aromatic N) is 2. The van der Waals surface area contributed by atoms with Crippen molar-refractivity contribution in [3.05, 3.63) is 41.6 Å². The number of hydrogen-bond donors (Lipinski definition) is 1. The minimum Gasteiger partial charge on any atom is -0.493 e. The maximum absolute atomic E-state index is 12.6. The monoisotopic (exact) mass is 343 g/mol. The second-order valence-electron chi connectivity index (χ2n) is 5.64. The summed E-state index contributed by atoms with van der Waals surface area (Å²) in [6.07, 6.45) is 2.37. The third kappa shape index (κ3) is 3.45. The largest absolute Gasteiger partial charge is 0.493 e. The van der Waals surface area contributed by atoms with Gasteiger partial charge in [-0.1, -0.05) is 0 Å². The number of aromatic nitrogens is 1. The second kappa shape index (κ2) is 7.29. The Morgan fingerprint density at radius 1 is 1.12 bits per heavy atom. The van der Waals surface area contributed by atoms with Gasteiger partial charge in [0.1, 0.15) is 5.69 Å². The molecule has 2 heterocycles. The van der Waals surface area contributed by atoms with E-state index in [1.165, 1.54) is 12.7 Å². The number of hydrogen-bond acceptors (Lipinski definition) is 5. The number of methoxy groups -OCH3 is 3. The van der Waals surface area contributed by atoms with Crippen molar-refractivity contribution in [3.8, 4) is 17.4 Å². The predicted molar refractivity (Wildman–Crippen MR) is 93.5 cm³/mol. The number of amides is 2. The minimum atomic E-state index is -0.188. The van der Waals surface area contributed by atoms with Crippen LogP contribution in [0.2, 0.25) is 0 Å². The molecular formula is C18H21N3O4. The molecule has 2 aromatic rings. The van der Waals surface area contributed by atoms with Gasteiger partial charge in [0.05, 0.1) is 21.3 Å². The van der Waals surface area contributed by atoms with Crippen LogP contribution in [0.15, 0.2) is 30.5 Å². The number of carbonyl (C=O) groups excluding carboxylic acids is 1. The van der Waals surface area contributed by atoms with Crippen LogP contribution in [0.25, 0.3) is 0 Å². The van der Waals surface area contributed by atoms with Crippen LogP contribution in [-0.2, 0) is 13.0 Å². The number of nitrogens with one attached hydrogen (secondary N) is 1. The number of carbonyl (C=O) groups is 1. The molecule has 1 aliphatic heterocycles. The Bertz CT molecular complexity index is 779. The quantitative estimate of drug-likeness (QED) is 0.924. The Balaban J connectivity index is 1.77. The highest BCUT2D eigenvalue weighted by Gasteiger charge is 2.23. The van der Waals surface area contributed by atoms with Gasteiger partial charge in [0.15, 0.2) is 11.5 Å². The zero-order valence-electron chi connectivity index (χ0n) is 14.5. The number of fused-ring (bicyclic) bond motifs is 1. The van der Waals surface area contributed by atoms with E-state index in [2.05, 4.69) is 10.3 Å². The summed E-state index contributed by atoms with van der Waals surface area (Å²) in [6.45, 7) is 1.13. The first-order chi connectivity index (χ1) is 12.2. The Kier molecular flexibility index (Phi) is 4.92.